The van der Waals surface area contributed by atoms with Gasteiger partial charge in [0.05, 0.1) is 4.92 Å². The second-order valence-electron chi connectivity index (χ2n) is 4.33. The van der Waals surface area contributed by atoms with Crippen LogP contribution in [0.2, 0.25) is 0 Å². The van der Waals surface area contributed by atoms with Crippen LogP contribution in [-0.4, -0.2) is 39.0 Å². The van der Waals surface area contributed by atoms with Crippen molar-refractivity contribution in [3.05, 3.63) is 34.7 Å². The maximum Gasteiger partial charge on any atom is 0.319 e. The van der Waals surface area contributed by atoms with E-state index >= 15 is 0 Å². The third-order valence-electron chi connectivity index (χ3n) is 2.84. The van der Waals surface area contributed by atoms with Gasteiger partial charge < -0.3 is 4.90 Å². The van der Waals surface area contributed by atoms with E-state index in [4.69, 9.17) is 0 Å². The van der Waals surface area contributed by atoms with Crippen LogP contribution in [0.25, 0.3) is 0 Å². The summed E-state index contributed by atoms with van der Waals surface area (Å²) >= 11 is 0. The Morgan fingerprint density at radius 3 is 3.00 bits per heavy atom. The number of hydrogen-bond donors (Lipinski definition) is 1. The van der Waals surface area contributed by atoms with Gasteiger partial charge in [-0.3, -0.25) is 20.0 Å². The Bertz CT molecular complexity index is 478. The van der Waals surface area contributed by atoms with Gasteiger partial charge in [0.25, 0.3) is 5.91 Å². The minimum Gasteiger partial charge on any atom is -0.333 e. The predicted octanol–water partition coefficient (Wildman–Crippen LogP) is 1.36. The molecule has 1 aromatic heterocycles. The first-order valence-corrected chi connectivity index (χ1v) is 5.71. The number of rotatable bonds is 6. The van der Waals surface area contributed by atoms with Crippen LogP contribution in [0.4, 0.5) is 5.69 Å². The Morgan fingerprint density at radius 2 is 2.44 bits per heavy atom. The number of nitrogens with one attached hydrogen (secondary N) is 1. The Balaban J connectivity index is 2.17. The van der Waals surface area contributed by atoms with Crippen molar-refractivity contribution in [1.82, 2.24) is 15.1 Å². The monoisotopic (exact) mass is 250 g/mol. The molecular weight excluding hydrogens is 236 g/mol. The van der Waals surface area contributed by atoms with Gasteiger partial charge >= 0.3 is 5.69 Å². The highest BCUT2D eigenvalue weighted by Gasteiger charge is 2.31. The van der Waals surface area contributed by atoms with Gasteiger partial charge in [-0.05, 0) is 18.8 Å². The fourth-order valence-corrected chi connectivity index (χ4v) is 1.74. The highest BCUT2D eigenvalue weighted by Crippen LogP contribution is 2.30. The molecule has 96 valence electrons. The van der Waals surface area contributed by atoms with Crippen molar-refractivity contribution < 1.29 is 9.72 Å². The van der Waals surface area contributed by atoms with Crippen LogP contribution in [0.5, 0.6) is 0 Å². The number of amides is 1. The molecule has 0 aliphatic heterocycles. The third-order valence-corrected chi connectivity index (χ3v) is 2.84. The summed E-state index contributed by atoms with van der Waals surface area (Å²) in [7, 11) is 0. The van der Waals surface area contributed by atoms with Gasteiger partial charge in [-0.15, -0.1) is 6.58 Å². The van der Waals surface area contributed by atoms with Gasteiger partial charge in [0, 0.05) is 13.1 Å². The van der Waals surface area contributed by atoms with Gasteiger partial charge in [-0.1, -0.05) is 6.08 Å². The Hall–Kier alpha value is -2.18. The molecule has 1 fully saturated rings. The molecule has 1 saturated carbocycles. The molecule has 0 spiro atoms. The average molecular weight is 250 g/mol. The normalized spacial score (nSPS) is 14.2. The quantitative estimate of drug-likeness (QED) is 0.468. The fraction of sp³-hybridized carbons (Fsp3) is 0.455. The van der Waals surface area contributed by atoms with Crippen molar-refractivity contribution in [2.75, 3.05) is 13.1 Å². The molecule has 1 heterocycles. The lowest BCUT2D eigenvalue weighted by molar-refractivity contribution is -0.385. The van der Waals surface area contributed by atoms with Crippen LogP contribution in [0.1, 0.15) is 23.3 Å². The molecular formula is C11H14N4O3. The summed E-state index contributed by atoms with van der Waals surface area (Å²) in [5.41, 5.74) is -0.354. The second kappa shape index (κ2) is 4.99. The number of aromatic amines is 1. The zero-order valence-corrected chi connectivity index (χ0v) is 9.83. The van der Waals surface area contributed by atoms with E-state index in [1.807, 2.05) is 0 Å². The van der Waals surface area contributed by atoms with Gasteiger partial charge in [-0.25, -0.2) is 0 Å². The smallest absolute Gasteiger partial charge is 0.319 e. The van der Waals surface area contributed by atoms with Crippen molar-refractivity contribution in [2.24, 2.45) is 5.92 Å². The topological polar surface area (TPSA) is 92.1 Å². The summed E-state index contributed by atoms with van der Waals surface area (Å²) < 4.78 is 0. The highest BCUT2D eigenvalue weighted by molar-refractivity contribution is 5.96. The summed E-state index contributed by atoms with van der Waals surface area (Å²) in [6.07, 6.45) is 4.87. The lowest BCUT2D eigenvalue weighted by Gasteiger charge is -2.19. The molecule has 0 unspecified atom stereocenters. The highest BCUT2D eigenvalue weighted by atomic mass is 16.6. The number of H-pyrrole nitrogens is 1. The number of carbonyl (C=O) groups excluding carboxylic acids is 1. The molecule has 1 aliphatic rings. The van der Waals surface area contributed by atoms with Gasteiger partial charge in [0.1, 0.15) is 6.20 Å². The Labute approximate surface area is 104 Å². The van der Waals surface area contributed by atoms with E-state index in [-0.39, 0.29) is 11.4 Å². The zero-order chi connectivity index (χ0) is 13.1. The predicted molar refractivity (Wildman–Crippen MR) is 64.1 cm³/mol. The molecule has 0 bridgehead atoms. The number of aromatic nitrogens is 2. The summed E-state index contributed by atoms with van der Waals surface area (Å²) in [6, 6.07) is 0. The Morgan fingerprint density at radius 1 is 1.72 bits per heavy atom. The largest absolute Gasteiger partial charge is 0.333 e. The lowest BCUT2D eigenvalue weighted by Crippen LogP contribution is -2.33. The standard InChI is InChI=1S/C11H14N4O3/c1-2-5-14(7-8-3-4-8)11(16)10-9(15(17)18)6-12-13-10/h2,6,8H,1,3-5,7H2,(H,12,13). The SMILES string of the molecule is C=CCN(CC1CC1)C(=O)c1[nH]ncc1[N+](=O)[O-]. The molecule has 2 rings (SSSR count). The maximum atomic E-state index is 12.2. The van der Waals surface area contributed by atoms with E-state index in [9.17, 15) is 14.9 Å². The van der Waals surface area contributed by atoms with Gasteiger partial charge in [0.15, 0.2) is 0 Å². The van der Waals surface area contributed by atoms with E-state index in [0.29, 0.717) is 19.0 Å². The van der Waals surface area contributed by atoms with E-state index in [2.05, 4.69) is 16.8 Å². The molecule has 0 radical (unpaired) electrons. The van der Waals surface area contributed by atoms with E-state index in [1.54, 1.807) is 11.0 Å². The molecule has 18 heavy (non-hydrogen) atoms. The Kier molecular flexibility index (Phi) is 3.40. The van der Waals surface area contributed by atoms with Crippen LogP contribution in [0.3, 0.4) is 0 Å². The molecule has 0 aromatic carbocycles. The average Bonchev–Trinajstić information content (AvgIpc) is 3.01. The number of hydrogen-bond acceptors (Lipinski definition) is 4. The van der Waals surface area contributed by atoms with Crippen LogP contribution >= 0.6 is 0 Å². The van der Waals surface area contributed by atoms with Crippen molar-refractivity contribution in [1.29, 1.82) is 0 Å². The first-order chi connectivity index (χ1) is 8.63. The zero-order valence-electron chi connectivity index (χ0n) is 9.83. The van der Waals surface area contributed by atoms with Crippen molar-refractivity contribution in [3.8, 4) is 0 Å². The van der Waals surface area contributed by atoms with Crippen LogP contribution in [0.15, 0.2) is 18.9 Å². The molecule has 0 atom stereocenters. The minimum atomic E-state index is -0.611. The lowest BCUT2D eigenvalue weighted by atomic mass is 10.3. The fourth-order valence-electron chi connectivity index (χ4n) is 1.74. The minimum absolute atomic E-state index is 0.0671. The molecule has 1 N–H and O–H groups in total. The van der Waals surface area contributed by atoms with E-state index in [0.717, 1.165) is 19.0 Å². The van der Waals surface area contributed by atoms with Crippen molar-refractivity contribution in [2.45, 2.75) is 12.8 Å². The maximum absolute atomic E-state index is 12.2. The number of nitrogens with zero attached hydrogens (tertiary/aromatic N) is 3. The summed E-state index contributed by atoms with van der Waals surface area (Å²) in [5, 5.41) is 16.7. The summed E-state index contributed by atoms with van der Waals surface area (Å²) in [4.78, 5) is 23.9. The number of nitro groups is 1. The van der Waals surface area contributed by atoms with Crippen molar-refractivity contribution in [3.63, 3.8) is 0 Å². The number of carbonyl (C=O) groups is 1. The molecule has 1 aliphatic carbocycles. The summed E-state index contributed by atoms with van der Waals surface area (Å²) in [5.74, 6) is 0.113. The van der Waals surface area contributed by atoms with Crippen LogP contribution in [-0.2, 0) is 0 Å². The first-order valence-electron chi connectivity index (χ1n) is 5.71. The van der Waals surface area contributed by atoms with E-state index < -0.39 is 10.8 Å². The van der Waals surface area contributed by atoms with E-state index in [1.165, 1.54) is 0 Å². The molecule has 7 nitrogen and oxygen atoms in total. The van der Waals surface area contributed by atoms with Crippen LogP contribution in [0, 0.1) is 16.0 Å². The summed E-state index contributed by atoms with van der Waals surface area (Å²) in [6.45, 7) is 4.59. The molecule has 0 saturated heterocycles. The molecule has 1 amide bonds. The molecule has 1 aromatic rings. The van der Waals surface area contributed by atoms with Crippen LogP contribution < -0.4 is 0 Å². The third kappa shape index (κ3) is 2.55. The first kappa shape index (κ1) is 12.3. The van der Waals surface area contributed by atoms with Gasteiger partial charge in [-0.2, -0.15) is 5.10 Å². The molecule has 7 heteroatoms. The van der Waals surface area contributed by atoms with Crippen molar-refractivity contribution >= 4 is 11.6 Å². The second-order valence-corrected chi connectivity index (χ2v) is 4.33. The van der Waals surface area contributed by atoms with Gasteiger partial charge in [0.2, 0.25) is 5.69 Å².